The van der Waals surface area contributed by atoms with Gasteiger partial charge in [0.05, 0.1) is 5.69 Å². The van der Waals surface area contributed by atoms with Crippen LogP contribution in [0.2, 0.25) is 5.15 Å². The molecule has 0 saturated carbocycles. The molecule has 0 aliphatic carbocycles. The maximum atomic E-state index is 12.8. The quantitative estimate of drug-likeness (QED) is 0.874. The standard InChI is InChI=1S/C11H11ClFN3/c1-16-9(6-14)10(12)15-11(16)7-2-4-8(13)5-3-7/h2-5H,6,14H2,1H3. The lowest BCUT2D eigenvalue weighted by Crippen LogP contribution is -2.04. The Balaban J connectivity index is 2.52. The maximum Gasteiger partial charge on any atom is 0.152 e. The average Bonchev–Trinajstić information content (AvgIpc) is 2.55. The molecule has 0 atom stereocenters. The van der Waals surface area contributed by atoms with Crippen LogP contribution in [0.5, 0.6) is 0 Å². The highest BCUT2D eigenvalue weighted by Gasteiger charge is 2.12. The average molecular weight is 240 g/mol. The first-order valence-corrected chi connectivity index (χ1v) is 5.18. The van der Waals surface area contributed by atoms with Crippen LogP contribution in [-0.2, 0) is 13.6 Å². The lowest BCUT2D eigenvalue weighted by Gasteiger charge is -2.03. The molecule has 0 fully saturated rings. The highest BCUT2D eigenvalue weighted by Crippen LogP contribution is 2.24. The van der Waals surface area contributed by atoms with Crippen molar-refractivity contribution in [3.05, 3.63) is 40.9 Å². The van der Waals surface area contributed by atoms with Gasteiger partial charge in [0.2, 0.25) is 0 Å². The van der Waals surface area contributed by atoms with Crippen LogP contribution in [0.4, 0.5) is 4.39 Å². The molecule has 1 aromatic carbocycles. The molecular weight excluding hydrogens is 229 g/mol. The normalized spacial score (nSPS) is 10.8. The summed E-state index contributed by atoms with van der Waals surface area (Å²) in [4.78, 5) is 4.21. The first-order valence-electron chi connectivity index (χ1n) is 4.80. The smallest absolute Gasteiger partial charge is 0.152 e. The number of rotatable bonds is 2. The van der Waals surface area contributed by atoms with E-state index in [4.69, 9.17) is 17.3 Å². The van der Waals surface area contributed by atoms with Crippen molar-refractivity contribution in [3.8, 4) is 11.4 Å². The van der Waals surface area contributed by atoms with E-state index in [0.717, 1.165) is 11.3 Å². The minimum absolute atomic E-state index is 0.275. The summed E-state index contributed by atoms with van der Waals surface area (Å²) in [5, 5.41) is 0.393. The number of nitrogens with two attached hydrogens (primary N) is 1. The van der Waals surface area contributed by atoms with E-state index < -0.39 is 0 Å². The van der Waals surface area contributed by atoms with Crippen LogP contribution in [0.1, 0.15) is 5.69 Å². The van der Waals surface area contributed by atoms with Crippen molar-refractivity contribution in [2.24, 2.45) is 12.8 Å². The van der Waals surface area contributed by atoms with Crippen molar-refractivity contribution in [2.75, 3.05) is 0 Å². The van der Waals surface area contributed by atoms with Gasteiger partial charge in [0.15, 0.2) is 5.15 Å². The van der Waals surface area contributed by atoms with E-state index in [-0.39, 0.29) is 5.82 Å². The van der Waals surface area contributed by atoms with E-state index in [9.17, 15) is 4.39 Å². The number of halogens is 2. The Kier molecular flexibility index (Phi) is 2.94. The zero-order chi connectivity index (χ0) is 11.7. The highest BCUT2D eigenvalue weighted by atomic mass is 35.5. The fraction of sp³-hybridized carbons (Fsp3) is 0.182. The lowest BCUT2D eigenvalue weighted by atomic mass is 10.2. The van der Waals surface area contributed by atoms with Gasteiger partial charge in [-0.3, -0.25) is 0 Å². The van der Waals surface area contributed by atoms with E-state index in [2.05, 4.69) is 4.98 Å². The van der Waals surface area contributed by atoms with Crippen LogP contribution in [0.25, 0.3) is 11.4 Å². The summed E-state index contributed by atoms with van der Waals surface area (Å²) in [7, 11) is 1.83. The number of hydrogen-bond donors (Lipinski definition) is 1. The van der Waals surface area contributed by atoms with Crippen LogP contribution < -0.4 is 5.73 Å². The molecule has 0 spiro atoms. The topological polar surface area (TPSA) is 43.8 Å². The molecule has 0 bridgehead atoms. The molecule has 2 aromatic rings. The largest absolute Gasteiger partial charge is 0.329 e. The number of hydrogen-bond acceptors (Lipinski definition) is 2. The second kappa shape index (κ2) is 4.23. The van der Waals surface area contributed by atoms with Gasteiger partial charge in [0, 0.05) is 19.2 Å². The van der Waals surface area contributed by atoms with E-state index in [1.54, 1.807) is 12.1 Å². The minimum atomic E-state index is -0.275. The summed E-state index contributed by atoms with van der Waals surface area (Å²) in [6.07, 6.45) is 0. The molecule has 1 aromatic heterocycles. The molecule has 2 rings (SSSR count). The van der Waals surface area contributed by atoms with Crippen LogP contribution in [0.15, 0.2) is 24.3 Å². The fourth-order valence-corrected chi connectivity index (χ4v) is 1.86. The molecule has 0 aliphatic heterocycles. The van der Waals surface area contributed by atoms with Gasteiger partial charge in [0.25, 0.3) is 0 Å². The Hall–Kier alpha value is -1.39. The van der Waals surface area contributed by atoms with E-state index in [1.807, 2.05) is 11.6 Å². The summed E-state index contributed by atoms with van der Waals surface area (Å²) in [6, 6.07) is 6.10. The van der Waals surface area contributed by atoms with Crippen molar-refractivity contribution in [2.45, 2.75) is 6.54 Å². The third-order valence-corrected chi connectivity index (χ3v) is 2.76. The number of nitrogens with zero attached hydrogens (tertiary/aromatic N) is 2. The lowest BCUT2D eigenvalue weighted by molar-refractivity contribution is 0.628. The molecule has 16 heavy (non-hydrogen) atoms. The third-order valence-electron chi connectivity index (χ3n) is 2.46. The van der Waals surface area contributed by atoms with Crippen molar-refractivity contribution in [1.82, 2.24) is 9.55 Å². The molecule has 1 heterocycles. The Morgan fingerprint density at radius 1 is 1.38 bits per heavy atom. The van der Waals surface area contributed by atoms with Gasteiger partial charge < -0.3 is 10.3 Å². The zero-order valence-corrected chi connectivity index (χ0v) is 9.50. The van der Waals surface area contributed by atoms with Gasteiger partial charge in [-0.15, -0.1) is 0 Å². The molecule has 3 nitrogen and oxygen atoms in total. The predicted octanol–water partition coefficient (Wildman–Crippen LogP) is 2.34. The Morgan fingerprint density at radius 2 is 2.00 bits per heavy atom. The Bertz CT molecular complexity index is 505. The molecule has 84 valence electrons. The van der Waals surface area contributed by atoms with Crippen LogP contribution in [0.3, 0.4) is 0 Å². The molecule has 0 unspecified atom stereocenters. The van der Waals surface area contributed by atoms with Crippen LogP contribution in [-0.4, -0.2) is 9.55 Å². The Morgan fingerprint density at radius 3 is 2.50 bits per heavy atom. The van der Waals surface area contributed by atoms with Crippen molar-refractivity contribution >= 4 is 11.6 Å². The van der Waals surface area contributed by atoms with Gasteiger partial charge in [-0.2, -0.15) is 0 Å². The molecule has 0 radical (unpaired) electrons. The van der Waals surface area contributed by atoms with Crippen molar-refractivity contribution in [3.63, 3.8) is 0 Å². The third kappa shape index (κ3) is 1.81. The molecule has 0 saturated heterocycles. The second-order valence-electron chi connectivity index (χ2n) is 3.44. The van der Waals surface area contributed by atoms with Crippen molar-refractivity contribution < 1.29 is 4.39 Å². The van der Waals surface area contributed by atoms with E-state index in [0.29, 0.717) is 17.5 Å². The SMILES string of the molecule is Cn1c(-c2ccc(F)cc2)nc(Cl)c1CN. The Labute approximate surface area is 97.7 Å². The number of imidazole rings is 1. The monoisotopic (exact) mass is 239 g/mol. The minimum Gasteiger partial charge on any atom is -0.329 e. The molecular formula is C11H11ClFN3. The summed E-state index contributed by atoms with van der Waals surface area (Å²) >= 11 is 5.95. The molecule has 5 heteroatoms. The van der Waals surface area contributed by atoms with Gasteiger partial charge in [-0.05, 0) is 24.3 Å². The van der Waals surface area contributed by atoms with E-state index >= 15 is 0 Å². The number of benzene rings is 1. The molecule has 2 N–H and O–H groups in total. The predicted molar refractivity (Wildman–Crippen MR) is 61.5 cm³/mol. The van der Waals surface area contributed by atoms with E-state index in [1.165, 1.54) is 12.1 Å². The summed E-state index contributed by atoms with van der Waals surface area (Å²) in [5.74, 6) is 0.411. The van der Waals surface area contributed by atoms with Gasteiger partial charge in [0.1, 0.15) is 11.6 Å². The zero-order valence-electron chi connectivity index (χ0n) is 8.74. The summed E-state index contributed by atoms with van der Waals surface area (Å²) in [5.41, 5.74) is 7.14. The summed E-state index contributed by atoms with van der Waals surface area (Å²) < 4.78 is 14.6. The summed E-state index contributed by atoms with van der Waals surface area (Å²) in [6.45, 7) is 0.323. The van der Waals surface area contributed by atoms with Gasteiger partial charge in [-0.25, -0.2) is 9.37 Å². The first kappa shape index (κ1) is 11.1. The van der Waals surface area contributed by atoms with Crippen molar-refractivity contribution in [1.29, 1.82) is 0 Å². The highest BCUT2D eigenvalue weighted by molar-refractivity contribution is 6.30. The first-order chi connectivity index (χ1) is 7.63. The second-order valence-corrected chi connectivity index (χ2v) is 3.80. The van der Waals surface area contributed by atoms with Crippen LogP contribution in [0, 0.1) is 5.82 Å². The molecule has 0 amide bonds. The van der Waals surface area contributed by atoms with Crippen LogP contribution >= 0.6 is 11.6 Å². The van der Waals surface area contributed by atoms with Gasteiger partial charge >= 0.3 is 0 Å². The van der Waals surface area contributed by atoms with Gasteiger partial charge in [-0.1, -0.05) is 11.6 Å². The maximum absolute atomic E-state index is 12.8. The fourth-order valence-electron chi connectivity index (χ4n) is 1.58. The number of aromatic nitrogens is 2. The molecule has 0 aliphatic rings.